The van der Waals surface area contributed by atoms with Crippen molar-refractivity contribution in [3.05, 3.63) is 11.9 Å². The summed E-state index contributed by atoms with van der Waals surface area (Å²) < 4.78 is 0. The van der Waals surface area contributed by atoms with Crippen LogP contribution in [0.25, 0.3) is 0 Å². The minimum Gasteiger partial charge on any atom is -0.384 e. The number of nitrogens with two attached hydrogens (primary N) is 1. The zero-order chi connectivity index (χ0) is 13.5. The molecule has 1 aromatic rings. The molecule has 0 amide bonds. The minimum absolute atomic E-state index is 0.472. The maximum Gasteiger partial charge on any atom is 0.136 e. The average Bonchev–Trinajstić information content (AvgIpc) is 3.18. The number of aromatic nitrogens is 2. The third-order valence-electron chi connectivity index (χ3n) is 4.95. The van der Waals surface area contributed by atoms with Crippen LogP contribution in [-0.2, 0) is 0 Å². The van der Waals surface area contributed by atoms with E-state index in [1.807, 2.05) is 6.07 Å². The van der Waals surface area contributed by atoms with Gasteiger partial charge in [-0.3, -0.25) is 0 Å². The maximum absolute atomic E-state index is 5.95. The summed E-state index contributed by atoms with van der Waals surface area (Å²) in [5, 5.41) is 0. The van der Waals surface area contributed by atoms with E-state index in [0.29, 0.717) is 17.2 Å². The van der Waals surface area contributed by atoms with E-state index in [1.54, 1.807) is 0 Å². The Labute approximate surface area is 115 Å². The lowest BCUT2D eigenvalue weighted by atomic mass is 9.82. The van der Waals surface area contributed by atoms with Crippen molar-refractivity contribution in [2.45, 2.75) is 51.9 Å². The molecule has 1 saturated carbocycles. The second-order valence-corrected chi connectivity index (χ2v) is 6.16. The highest BCUT2D eigenvalue weighted by molar-refractivity contribution is 5.48. The Morgan fingerprint density at radius 3 is 2.63 bits per heavy atom. The van der Waals surface area contributed by atoms with Crippen LogP contribution in [-0.4, -0.2) is 23.1 Å². The molecular formula is C15H24N4. The summed E-state index contributed by atoms with van der Waals surface area (Å²) in [5.41, 5.74) is 6.42. The van der Waals surface area contributed by atoms with Gasteiger partial charge in [0.1, 0.15) is 17.5 Å². The van der Waals surface area contributed by atoms with Crippen molar-refractivity contribution in [3.63, 3.8) is 0 Å². The van der Waals surface area contributed by atoms with Gasteiger partial charge in [-0.1, -0.05) is 13.8 Å². The van der Waals surface area contributed by atoms with Crippen LogP contribution in [0.2, 0.25) is 0 Å². The van der Waals surface area contributed by atoms with E-state index in [1.165, 1.54) is 32.1 Å². The average molecular weight is 260 g/mol. The monoisotopic (exact) mass is 260 g/mol. The lowest BCUT2D eigenvalue weighted by Gasteiger charge is -2.26. The summed E-state index contributed by atoms with van der Waals surface area (Å²) in [6.07, 6.45) is 6.20. The van der Waals surface area contributed by atoms with Crippen molar-refractivity contribution in [3.8, 4) is 0 Å². The summed E-state index contributed by atoms with van der Waals surface area (Å²) in [6, 6.07) is 1.94. The van der Waals surface area contributed by atoms with Crippen LogP contribution >= 0.6 is 0 Å². The highest BCUT2D eigenvalue weighted by Gasteiger charge is 2.36. The fourth-order valence-corrected chi connectivity index (χ4v) is 3.12. The van der Waals surface area contributed by atoms with Crippen LogP contribution in [0.1, 0.15) is 57.7 Å². The standard InChI is InChI=1S/C15H24N4/c1-3-15(4-2)7-8-19(10-15)13-9-12(16)17-14(18-13)11-5-6-11/h9,11H,3-8,10H2,1-2H3,(H2,16,17,18). The predicted molar refractivity (Wildman–Crippen MR) is 78.3 cm³/mol. The van der Waals surface area contributed by atoms with Gasteiger partial charge in [-0.15, -0.1) is 0 Å². The van der Waals surface area contributed by atoms with Gasteiger partial charge >= 0.3 is 0 Å². The molecule has 4 nitrogen and oxygen atoms in total. The van der Waals surface area contributed by atoms with Crippen LogP contribution in [0.3, 0.4) is 0 Å². The first-order chi connectivity index (χ1) is 9.15. The quantitative estimate of drug-likeness (QED) is 0.904. The minimum atomic E-state index is 0.472. The summed E-state index contributed by atoms with van der Waals surface area (Å²) in [4.78, 5) is 11.5. The molecule has 0 radical (unpaired) electrons. The third kappa shape index (κ3) is 2.40. The smallest absolute Gasteiger partial charge is 0.136 e. The molecule has 19 heavy (non-hydrogen) atoms. The molecule has 1 saturated heterocycles. The second kappa shape index (κ2) is 4.66. The number of hydrogen-bond acceptors (Lipinski definition) is 4. The van der Waals surface area contributed by atoms with Gasteiger partial charge < -0.3 is 10.6 Å². The molecule has 104 valence electrons. The molecule has 3 rings (SSSR count). The molecule has 0 aromatic carbocycles. The molecule has 0 bridgehead atoms. The molecular weight excluding hydrogens is 236 g/mol. The molecule has 2 aliphatic rings. The predicted octanol–water partition coefficient (Wildman–Crippen LogP) is 2.95. The number of nitrogen functional groups attached to an aromatic ring is 1. The molecule has 1 aliphatic heterocycles. The summed E-state index contributed by atoms with van der Waals surface area (Å²) in [5.74, 6) is 3.18. The van der Waals surface area contributed by atoms with E-state index < -0.39 is 0 Å². The van der Waals surface area contributed by atoms with Crippen molar-refractivity contribution < 1.29 is 0 Å². The Kier molecular flexibility index (Phi) is 3.11. The van der Waals surface area contributed by atoms with E-state index in [2.05, 4.69) is 23.7 Å². The SMILES string of the molecule is CCC1(CC)CCN(c2cc(N)nc(C3CC3)n2)C1. The Morgan fingerprint density at radius 2 is 2.05 bits per heavy atom. The highest BCUT2D eigenvalue weighted by Crippen LogP contribution is 2.41. The number of hydrogen-bond donors (Lipinski definition) is 1. The van der Waals surface area contributed by atoms with Crippen molar-refractivity contribution in [1.29, 1.82) is 0 Å². The van der Waals surface area contributed by atoms with Crippen LogP contribution in [0.4, 0.5) is 11.6 Å². The normalized spacial score (nSPS) is 21.9. The second-order valence-electron chi connectivity index (χ2n) is 6.16. The summed E-state index contributed by atoms with van der Waals surface area (Å²) in [7, 11) is 0. The molecule has 2 N–H and O–H groups in total. The fourth-order valence-electron chi connectivity index (χ4n) is 3.12. The molecule has 2 heterocycles. The van der Waals surface area contributed by atoms with Crippen molar-refractivity contribution in [2.75, 3.05) is 23.7 Å². The topological polar surface area (TPSA) is 55.0 Å². The fraction of sp³-hybridized carbons (Fsp3) is 0.733. The van der Waals surface area contributed by atoms with E-state index in [-0.39, 0.29) is 0 Å². The molecule has 0 unspecified atom stereocenters. The van der Waals surface area contributed by atoms with Gasteiger partial charge in [-0.25, -0.2) is 9.97 Å². The number of rotatable bonds is 4. The highest BCUT2D eigenvalue weighted by atomic mass is 15.2. The molecule has 1 aromatic heterocycles. The largest absolute Gasteiger partial charge is 0.384 e. The van der Waals surface area contributed by atoms with Crippen LogP contribution in [0.15, 0.2) is 6.07 Å². The first kappa shape index (κ1) is 12.7. The van der Waals surface area contributed by atoms with Crippen molar-refractivity contribution in [1.82, 2.24) is 9.97 Å². The molecule has 0 atom stereocenters. The lowest BCUT2D eigenvalue weighted by Crippen LogP contribution is -2.27. The number of anilines is 2. The van der Waals surface area contributed by atoms with Crippen molar-refractivity contribution >= 4 is 11.6 Å². The van der Waals surface area contributed by atoms with E-state index >= 15 is 0 Å². The third-order valence-corrected chi connectivity index (χ3v) is 4.95. The van der Waals surface area contributed by atoms with Gasteiger partial charge in [-0.2, -0.15) is 0 Å². The van der Waals surface area contributed by atoms with Gasteiger partial charge in [0.2, 0.25) is 0 Å². The van der Waals surface area contributed by atoms with Gasteiger partial charge in [0.15, 0.2) is 0 Å². The maximum atomic E-state index is 5.95. The Bertz CT molecular complexity index is 463. The van der Waals surface area contributed by atoms with Crippen LogP contribution < -0.4 is 10.6 Å². The molecule has 4 heteroatoms. The first-order valence-electron chi connectivity index (χ1n) is 7.55. The van der Waals surface area contributed by atoms with Crippen LogP contribution in [0.5, 0.6) is 0 Å². The van der Waals surface area contributed by atoms with Gasteiger partial charge in [0.25, 0.3) is 0 Å². The lowest BCUT2D eigenvalue weighted by molar-refractivity contribution is 0.301. The zero-order valence-corrected chi connectivity index (χ0v) is 12.0. The van der Waals surface area contributed by atoms with Crippen LogP contribution in [0, 0.1) is 5.41 Å². The summed E-state index contributed by atoms with van der Waals surface area (Å²) >= 11 is 0. The Balaban J connectivity index is 1.83. The molecule has 0 spiro atoms. The van der Waals surface area contributed by atoms with Gasteiger partial charge in [0, 0.05) is 25.1 Å². The summed E-state index contributed by atoms with van der Waals surface area (Å²) in [6.45, 7) is 6.82. The van der Waals surface area contributed by atoms with Crippen molar-refractivity contribution in [2.24, 2.45) is 5.41 Å². The van der Waals surface area contributed by atoms with Gasteiger partial charge in [0.05, 0.1) is 0 Å². The zero-order valence-electron chi connectivity index (χ0n) is 12.0. The molecule has 2 fully saturated rings. The Hall–Kier alpha value is -1.32. The van der Waals surface area contributed by atoms with E-state index in [9.17, 15) is 0 Å². The van der Waals surface area contributed by atoms with E-state index in [4.69, 9.17) is 10.7 Å². The Morgan fingerprint density at radius 1 is 1.32 bits per heavy atom. The number of nitrogens with zero attached hydrogens (tertiary/aromatic N) is 3. The molecule has 1 aliphatic carbocycles. The van der Waals surface area contributed by atoms with Gasteiger partial charge in [-0.05, 0) is 37.5 Å². The van der Waals surface area contributed by atoms with E-state index in [0.717, 1.165) is 24.7 Å². The first-order valence-corrected chi connectivity index (χ1v) is 7.55.